The molecule has 0 N–H and O–H groups in total. The summed E-state index contributed by atoms with van der Waals surface area (Å²) in [7, 11) is 0. The number of amides is 2. The molecule has 2 aromatic carbocycles. The predicted octanol–water partition coefficient (Wildman–Crippen LogP) is 4.95. The number of fused-ring (bicyclic) bond motifs is 1. The van der Waals surface area contributed by atoms with E-state index in [1.807, 2.05) is 59.2 Å². The first-order chi connectivity index (χ1) is 15.6. The van der Waals surface area contributed by atoms with Gasteiger partial charge in [-0.15, -0.1) is 0 Å². The van der Waals surface area contributed by atoms with Crippen LogP contribution in [-0.4, -0.2) is 53.9 Å². The second kappa shape index (κ2) is 12.3. The van der Waals surface area contributed by atoms with Gasteiger partial charge in [-0.05, 0) is 50.3 Å². The van der Waals surface area contributed by atoms with Crippen LogP contribution in [0.5, 0.6) is 5.75 Å². The minimum atomic E-state index is -0.0772. The van der Waals surface area contributed by atoms with Crippen molar-refractivity contribution in [3.8, 4) is 5.75 Å². The van der Waals surface area contributed by atoms with E-state index in [1.54, 1.807) is 0 Å². The minimum absolute atomic E-state index is 0.0131. The first-order valence-corrected chi connectivity index (χ1v) is 12.0. The number of ether oxygens (including phenoxy) is 1. The average molecular weight is 437 g/mol. The number of hydrogen-bond acceptors (Lipinski definition) is 3. The summed E-state index contributed by atoms with van der Waals surface area (Å²) in [6.07, 6.45) is 4.94. The van der Waals surface area contributed by atoms with E-state index in [-0.39, 0.29) is 17.9 Å². The van der Waals surface area contributed by atoms with Crippen LogP contribution in [0, 0.1) is 0 Å². The third kappa shape index (κ3) is 6.35. The van der Waals surface area contributed by atoms with Gasteiger partial charge in [0.25, 0.3) is 5.91 Å². The number of carbonyl (C=O) groups is 2. The number of para-hydroxylation sites is 1. The normalized spacial score (nSPS) is 17.7. The van der Waals surface area contributed by atoms with Crippen molar-refractivity contribution >= 4 is 11.8 Å². The van der Waals surface area contributed by atoms with Crippen molar-refractivity contribution in [1.82, 2.24) is 9.80 Å². The molecule has 0 unspecified atom stereocenters. The van der Waals surface area contributed by atoms with Gasteiger partial charge in [-0.2, -0.15) is 0 Å². The second-order valence-electron chi connectivity index (χ2n) is 8.43. The summed E-state index contributed by atoms with van der Waals surface area (Å²) in [4.78, 5) is 30.2. The lowest BCUT2D eigenvalue weighted by molar-refractivity contribution is -0.134. The molecule has 0 aromatic heterocycles. The summed E-state index contributed by atoms with van der Waals surface area (Å²) in [5.41, 5.74) is 1.78. The molecule has 5 heteroatoms. The molecule has 0 saturated heterocycles. The molecule has 32 heavy (non-hydrogen) atoms. The molecule has 1 aliphatic rings. The number of unbranched alkanes of at least 4 members (excludes halogenated alkanes) is 1. The second-order valence-corrected chi connectivity index (χ2v) is 8.43. The Kier molecular flexibility index (Phi) is 9.14. The van der Waals surface area contributed by atoms with Crippen molar-refractivity contribution in [2.75, 3.05) is 26.2 Å². The molecule has 2 amide bonds. The van der Waals surface area contributed by atoms with Gasteiger partial charge in [0, 0.05) is 26.1 Å². The van der Waals surface area contributed by atoms with Gasteiger partial charge < -0.3 is 14.5 Å². The van der Waals surface area contributed by atoms with Crippen LogP contribution >= 0.6 is 0 Å². The quantitative estimate of drug-likeness (QED) is 0.644. The monoisotopic (exact) mass is 436 g/mol. The van der Waals surface area contributed by atoms with Crippen LogP contribution in [0.4, 0.5) is 0 Å². The highest BCUT2D eigenvalue weighted by Crippen LogP contribution is 2.23. The molecule has 1 heterocycles. The molecule has 2 aromatic rings. The van der Waals surface area contributed by atoms with Crippen LogP contribution in [0.3, 0.4) is 0 Å². The zero-order valence-corrected chi connectivity index (χ0v) is 19.5. The van der Waals surface area contributed by atoms with Gasteiger partial charge >= 0.3 is 0 Å². The van der Waals surface area contributed by atoms with E-state index in [0.29, 0.717) is 44.0 Å². The molecular formula is C27H36N2O3. The fraction of sp³-hybridized carbons (Fsp3) is 0.481. The molecule has 5 nitrogen and oxygen atoms in total. The van der Waals surface area contributed by atoms with E-state index < -0.39 is 0 Å². The Hall–Kier alpha value is -2.82. The fourth-order valence-corrected chi connectivity index (χ4v) is 4.24. The van der Waals surface area contributed by atoms with E-state index in [2.05, 4.69) is 19.1 Å². The lowest BCUT2D eigenvalue weighted by Gasteiger charge is -2.33. The third-order valence-electron chi connectivity index (χ3n) is 6.11. The zero-order chi connectivity index (χ0) is 22.8. The SMILES string of the molecule is CCCCC(=O)N1CCCCN(CC)C(=O)c2ccccc2OC[C@@H]1Cc1ccccc1. The van der Waals surface area contributed by atoms with Gasteiger partial charge in [-0.25, -0.2) is 0 Å². The highest BCUT2D eigenvalue weighted by atomic mass is 16.5. The molecule has 0 spiro atoms. The van der Waals surface area contributed by atoms with Crippen molar-refractivity contribution in [3.63, 3.8) is 0 Å². The smallest absolute Gasteiger partial charge is 0.257 e. The van der Waals surface area contributed by atoms with E-state index in [1.165, 1.54) is 5.56 Å². The number of benzene rings is 2. The molecule has 1 aliphatic heterocycles. The molecule has 0 saturated carbocycles. The number of carbonyl (C=O) groups excluding carboxylic acids is 2. The largest absolute Gasteiger partial charge is 0.491 e. The first kappa shape index (κ1) is 23.8. The number of rotatable bonds is 6. The van der Waals surface area contributed by atoms with E-state index in [0.717, 1.165) is 32.1 Å². The zero-order valence-electron chi connectivity index (χ0n) is 19.5. The Morgan fingerprint density at radius 2 is 1.72 bits per heavy atom. The highest BCUT2D eigenvalue weighted by Gasteiger charge is 2.26. The summed E-state index contributed by atoms with van der Waals surface area (Å²) in [6, 6.07) is 17.6. The molecule has 1 atom stereocenters. The van der Waals surface area contributed by atoms with Gasteiger partial charge in [0.2, 0.25) is 5.91 Å². The molecule has 0 radical (unpaired) electrons. The van der Waals surface area contributed by atoms with E-state index >= 15 is 0 Å². The Morgan fingerprint density at radius 3 is 2.47 bits per heavy atom. The molecule has 0 fully saturated rings. The maximum atomic E-state index is 13.2. The van der Waals surface area contributed by atoms with Crippen molar-refractivity contribution in [2.24, 2.45) is 0 Å². The Bertz CT molecular complexity index is 868. The van der Waals surface area contributed by atoms with Gasteiger partial charge in [-0.3, -0.25) is 9.59 Å². The summed E-state index contributed by atoms with van der Waals surface area (Å²) < 4.78 is 6.25. The lowest BCUT2D eigenvalue weighted by Crippen LogP contribution is -2.46. The molecule has 0 aliphatic carbocycles. The third-order valence-corrected chi connectivity index (χ3v) is 6.11. The van der Waals surface area contributed by atoms with Crippen LogP contribution in [0.25, 0.3) is 0 Å². The Balaban J connectivity index is 1.91. The highest BCUT2D eigenvalue weighted by molar-refractivity contribution is 5.96. The minimum Gasteiger partial charge on any atom is -0.491 e. The Morgan fingerprint density at radius 1 is 1.00 bits per heavy atom. The summed E-state index contributed by atoms with van der Waals surface area (Å²) in [5, 5.41) is 0. The van der Waals surface area contributed by atoms with Gasteiger partial charge in [0.1, 0.15) is 12.4 Å². The summed E-state index contributed by atoms with van der Waals surface area (Å²) in [5.74, 6) is 0.805. The maximum Gasteiger partial charge on any atom is 0.257 e. The molecule has 172 valence electrons. The van der Waals surface area contributed by atoms with Crippen molar-refractivity contribution in [3.05, 3.63) is 65.7 Å². The van der Waals surface area contributed by atoms with Crippen LogP contribution < -0.4 is 4.74 Å². The fourth-order valence-electron chi connectivity index (χ4n) is 4.24. The standard InChI is InChI=1S/C27H36N2O3/c1-3-5-17-26(30)29-19-12-11-18-28(4-2)27(31)24-15-9-10-16-25(24)32-21-23(29)20-22-13-7-6-8-14-22/h6-10,13-16,23H,3-5,11-12,17-21H2,1-2H3/t23-/m0/s1. The van der Waals surface area contributed by atoms with Crippen molar-refractivity contribution < 1.29 is 14.3 Å². The van der Waals surface area contributed by atoms with Gasteiger partial charge in [0.05, 0.1) is 11.6 Å². The number of hydrogen-bond donors (Lipinski definition) is 0. The van der Waals surface area contributed by atoms with Crippen LogP contribution in [0.1, 0.15) is 61.9 Å². The maximum absolute atomic E-state index is 13.2. The summed E-state index contributed by atoms with van der Waals surface area (Å²) in [6.45, 7) is 6.51. The van der Waals surface area contributed by atoms with E-state index in [4.69, 9.17) is 4.74 Å². The first-order valence-electron chi connectivity index (χ1n) is 12.0. The van der Waals surface area contributed by atoms with Gasteiger partial charge in [0.15, 0.2) is 0 Å². The Labute approximate surface area is 192 Å². The van der Waals surface area contributed by atoms with Gasteiger partial charge in [-0.1, -0.05) is 55.8 Å². The molecule has 0 bridgehead atoms. The predicted molar refractivity (Wildman–Crippen MR) is 128 cm³/mol. The van der Waals surface area contributed by atoms with Crippen molar-refractivity contribution in [2.45, 2.75) is 58.4 Å². The number of nitrogens with zero attached hydrogens (tertiary/aromatic N) is 2. The average Bonchev–Trinajstić information content (AvgIpc) is 2.82. The van der Waals surface area contributed by atoms with Crippen LogP contribution in [0.15, 0.2) is 54.6 Å². The topological polar surface area (TPSA) is 49.9 Å². The van der Waals surface area contributed by atoms with Crippen LogP contribution in [-0.2, 0) is 11.2 Å². The molecule has 3 rings (SSSR count). The van der Waals surface area contributed by atoms with Crippen molar-refractivity contribution in [1.29, 1.82) is 0 Å². The van der Waals surface area contributed by atoms with E-state index in [9.17, 15) is 9.59 Å². The summed E-state index contributed by atoms with van der Waals surface area (Å²) >= 11 is 0. The molecular weight excluding hydrogens is 400 g/mol. The van der Waals surface area contributed by atoms with Crippen LogP contribution in [0.2, 0.25) is 0 Å². The lowest BCUT2D eigenvalue weighted by atomic mass is 10.0.